The lowest BCUT2D eigenvalue weighted by atomic mass is 10.2. The zero-order chi connectivity index (χ0) is 11.5. The Bertz CT molecular complexity index is 470. The Labute approximate surface area is 96.8 Å². The fraction of sp³-hybridized carbons (Fsp3) is 0.111. The van der Waals surface area contributed by atoms with Crippen molar-refractivity contribution in [2.75, 3.05) is 0 Å². The molecule has 6 heteroatoms. The van der Waals surface area contributed by atoms with Crippen LogP contribution in [0.2, 0.25) is 0 Å². The first kappa shape index (κ1) is 12.2. The molecule has 15 heavy (non-hydrogen) atoms. The van der Waals surface area contributed by atoms with E-state index in [4.69, 9.17) is 0 Å². The molecule has 2 N–H and O–H groups in total. The van der Waals surface area contributed by atoms with Crippen LogP contribution in [0.15, 0.2) is 34.7 Å². The number of phenolic OH excluding ortho intramolecular Hbond substituents is 1. The third kappa shape index (κ3) is 3.65. The summed E-state index contributed by atoms with van der Waals surface area (Å²) in [5, 5.41) is 10.2. The lowest BCUT2D eigenvalue weighted by Crippen LogP contribution is -2.20. The van der Waals surface area contributed by atoms with Crippen LogP contribution in [0.5, 0.6) is 5.75 Å². The molecule has 82 valence electrons. The third-order valence-corrected chi connectivity index (χ3v) is 3.20. The largest absolute Gasteiger partial charge is 0.508 e. The maximum absolute atomic E-state index is 11.0. The summed E-state index contributed by atoms with van der Waals surface area (Å²) in [6.07, 6.45) is 0. The highest BCUT2D eigenvalue weighted by molar-refractivity contribution is 9.10. The van der Waals surface area contributed by atoms with Crippen LogP contribution in [0.4, 0.5) is 0 Å². The van der Waals surface area contributed by atoms with Gasteiger partial charge in [0.25, 0.3) is 0 Å². The molecule has 0 radical (unpaired) electrons. The molecule has 0 saturated heterocycles. The van der Waals surface area contributed by atoms with Gasteiger partial charge in [0.15, 0.2) is 0 Å². The number of hydrogen-bond donors (Lipinski definition) is 2. The third-order valence-electron chi connectivity index (χ3n) is 1.72. The first-order valence-electron chi connectivity index (χ1n) is 4.04. The van der Waals surface area contributed by atoms with Gasteiger partial charge in [-0.1, -0.05) is 22.5 Å². The van der Waals surface area contributed by atoms with E-state index in [2.05, 4.69) is 27.2 Å². The van der Waals surface area contributed by atoms with Gasteiger partial charge in [-0.15, -0.1) is 0 Å². The van der Waals surface area contributed by atoms with Gasteiger partial charge in [-0.2, -0.15) is 0 Å². The Hall–Kier alpha value is -0.850. The van der Waals surface area contributed by atoms with Crippen molar-refractivity contribution in [2.24, 2.45) is 0 Å². The molecule has 0 aliphatic rings. The quantitative estimate of drug-likeness (QED) is 0.888. The van der Waals surface area contributed by atoms with Crippen molar-refractivity contribution < 1.29 is 13.5 Å². The normalized spacial score (nSPS) is 11.3. The molecule has 0 amide bonds. The fourth-order valence-corrected chi connectivity index (χ4v) is 1.82. The highest BCUT2D eigenvalue weighted by Crippen LogP contribution is 2.21. The molecular formula is C9H10BrNO3S. The van der Waals surface area contributed by atoms with Crippen LogP contribution < -0.4 is 4.72 Å². The predicted octanol–water partition coefficient (Wildman–Crippen LogP) is 1.72. The molecule has 0 fully saturated rings. The summed E-state index contributed by atoms with van der Waals surface area (Å²) in [7, 11) is -3.46. The van der Waals surface area contributed by atoms with Crippen LogP contribution >= 0.6 is 15.9 Å². The van der Waals surface area contributed by atoms with Crippen molar-refractivity contribution in [3.8, 4) is 5.75 Å². The molecule has 0 atom stereocenters. The number of halogens is 1. The molecule has 0 aromatic heterocycles. The SMILES string of the molecule is C=CS(=O)(=O)NCc1cc(Br)ccc1O. The highest BCUT2D eigenvalue weighted by Gasteiger charge is 2.06. The molecule has 1 rings (SSSR count). The van der Waals surface area contributed by atoms with Crippen molar-refractivity contribution >= 4 is 26.0 Å². The summed E-state index contributed by atoms with van der Waals surface area (Å²) in [6.45, 7) is 3.19. The lowest BCUT2D eigenvalue weighted by Gasteiger charge is -2.05. The van der Waals surface area contributed by atoms with Crippen molar-refractivity contribution in [1.29, 1.82) is 0 Å². The highest BCUT2D eigenvalue weighted by atomic mass is 79.9. The Kier molecular flexibility index (Phi) is 3.90. The minimum atomic E-state index is -3.46. The second kappa shape index (κ2) is 4.78. The van der Waals surface area contributed by atoms with Crippen LogP contribution in [0, 0.1) is 0 Å². The van der Waals surface area contributed by atoms with E-state index in [9.17, 15) is 13.5 Å². The molecule has 0 unspecified atom stereocenters. The number of aromatic hydroxyl groups is 1. The van der Waals surface area contributed by atoms with Gasteiger partial charge in [0.2, 0.25) is 10.0 Å². The van der Waals surface area contributed by atoms with Crippen molar-refractivity contribution in [3.63, 3.8) is 0 Å². The maximum Gasteiger partial charge on any atom is 0.233 e. The van der Waals surface area contributed by atoms with Crippen LogP contribution in [0.25, 0.3) is 0 Å². The van der Waals surface area contributed by atoms with E-state index in [-0.39, 0.29) is 12.3 Å². The summed E-state index contributed by atoms with van der Waals surface area (Å²) >= 11 is 3.23. The average Bonchev–Trinajstić information content (AvgIpc) is 2.20. The Balaban J connectivity index is 2.82. The Morgan fingerprint density at radius 3 is 2.80 bits per heavy atom. The second-order valence-corrected chi connectivity index (χ2v) is 5.43. The summed E-state index contributed by atoms with van der Waals surface area (Å²) in [6, 6.07) is 4.80. The van der Waals surface area contributed by atoms with E-state index in [0.29, 0.717) is 5.56 Å². The van der Waals surface area contributed by atoms with E-state index in [1.54, 1.807) is 12.1 Å². The van der Waals surface area contributed by atoms with Gasteiger partial charge < -0.3 is 5.11 Å². The molecule has 0 aliphatic carbocycles. The van der Waals surface area contributed by atoms with Crippen LogP contribution in [0.1, 0.15) is 5.56 Å². The number of nitrogens with one attached hydrogen (secondary N) is 1. The number of phenols is 1. The summed E-state index contributed by atoms with van der Waals surface area (Å²) < 4.78 is 25.1. The van der Waals surface area contributed by atoms with Gasteiger partial charge >= 0.3 is 0 Å². The second-order valence-electron chi connectivity index (χ2n) is 2.81. The zero-order valence-corrected chi connectivity index (χ0v) is 10.2. The van der Waals surface area contributed by atoms with Gasteiger partial charge in [-0.05, 0) is 18.2 Å². The van der Waals surface area contributed by atoms with E-state index >= 15 is 0 Å². The Morgan fingerprint density at radius 2 is 2.20 bits per heavy atom. The van der Waals surface area contributed by atoms with Crippen LogP contribution in [-0.2, 0) is 16.6 Å². The smallest absolute Gasteiger partial charge is 0.233 e. The van der Waals surface area contributed by atoms with Crippen molar-refractivity contribution in [3.05, 3.63) is 40.2 Å². The van der Waals surface area contributed by atoms with Crippen LogP contribution in [-0.4, -0.2) is 13.5 Å². The molecule has 0 bridgehead atoms. The van der Waals surface area contributed by atoms with Crippen molar-refractivity contribution in [1.82, 2.24) is 4.72 Å². The van der Waals surface area contributed by atoms with Crippen LogP contribution in [0.3, 0.4) is 0 Å². The predicted molar refractivity (Wildman–Crippen MR) is 61.8 cm³/mol. The van der Waals surface area contributed by atoms with E-state index in [0.717, 1.165) is 9.88 Å². The van der Waals surface area contributed by atoms with E-state index in [1.165, 1.54) is 6.07 Å². The minimum Gasteiger partial charge on any atom is -0.508 e. The van der Waals surface area contributed by atoms with E-state index in [1.807, 2.05) is 0 Å². The number of rotatable bonds is 4. The first-order valence-corrected chi connectivity index (χ1v) is 6.38. The van der Waals surface area contributed by atoms with Gasteiger partial charge in [-0.25, -0.2) is 13.1 Å². The topological polar surface area (TPSA) is 66.4 Å². The summed E-state index contributed by atoms with van der Waals surface area (Å²) in [5.41, 5.74) is 0.495. The summed E-state index contributed by atoms with van der Waals surface area (Å²) in [5.74, 6) is 0.0463. The van der Waals surface area contributed by atoms with Gasteiger partial charge in [0, 0.05) is 22.0 Å². The molecule has 0 aliphatic heterocycles. The maximum atomic E-state index is 11.0. The standard InChI is InChI=1S/C9H10BrNO3S/c1-2-15(13,14)11-6-7-5-8(10)3-4-9(7)12/h2-5,11-12H,1,6H2. The van der Waals surface area contributed by atoms with Gasteiger partial charge in [0.1, 0.15) is 5.75 Å². The number of sulfonamides is 1. The van der Waals surface area contributed by atoms with E-state index < -0.39 is 10.0 Å². The van der Waals surface area contributed by atoms with Gasteiger partial charge in [0.05, 0.1) is 0 Å². The Morgan fingerprint density at radius 1 is 1.53 bits per heavy atom. The zero-order valence-electron chi connectivity index (χ0n) is 7.77. The monoisotopic (exact) mass is 291 g/mol. The minimum absolute atomic E-state index is 0.0274. The average molecular weight is 292 g/mol. The lowest BCUT2D eigenvalue weighted by molar-refractivity contribution is 0.467. The number of hydrogen-bond acceptors (Lipinski definition) is 3. The molecule has 1 aromatic rings. The molecule has 0 heterocycles. The molecule has 0 saturated carbocycles. The van der Waals surface area contributed by atoms with Gasteiger partial charge in [-0.3, -0.25) is 0 Å². The first-order chi connectivity index (χ1) is 6.94. The molecule has 0 spiro atoms. The summed E-state index contributed by atoms with van der Waals surface area (Å²) in [4.78, 5) is 0. The molecule has 1 aromatic carbocycles. The fourth-order valence-electron chi connectivity index (χ4n) is 0.933. The van der Waals surface area contributed by atoms with Crippen molar-refractivity contribution in [2.45, 2.75) is 6.54 Å². The molecular weight excluding hydrogens is 282 g/mol. The molecule has 4 nitrogen and oxygen atoms in total. The number of benzene rings is 1.